The first-order chi connectivity index (χ1) is 18.8. The maximum Gasteiger partial charge on any atom is 2.00 e. The number of halogens is 2. The minimum absolute atomic E-state index is 0. The van der Waals surface area contributed by atoms with Crippen molar-refractivity contribution in [3.05, 3.63) is 155 Å². The summed E-state index contributed by atoms with van der Waals surface area (Å²) in [5.74, 6) is -2.94. The van der Waals surface area contributed by atoms with Crippen LogP contribution in [0, 0.1) is 11.6 Å². The zero-order valence-electron chi connectivity index (χ0n) is 21.2. The van der Waals surface area contributed by atoms with Gasteiger partial charge in [-0.25, -0.2) is 18.4 Å². The number of carboxylic acids is 2. The molecule has 0 radical (unpaired) electrons. The van der Waals surface area contributed by atoms with Crippen molar-refractivity contribution in [2.24, 2.45) is 0 Å². The van der Waals surface area contributed by atoms with E-state index in [1.54, 1.807) is 0 Å². The number of fused-ring (bicyclic) bond motifs is 2. The van der Waals surface area contributed by atoms with Crippen molar-refractivity contribution in [1.82, 2.24) is 0 Å². The van der Waals surface area contributed by atoms with Crippen molar-refractivity contribution in [3.63, 3.8) is 0 Å². The summed E-state index contributed by atoms with van der Waals surface area (Å²) < 4.78 is 24.3. The zero-order chi connectivity index (χ0) is 27.8. The largest absolute Gasteiger partial charge is 2.00 e. The number of carboxylic acid groups (broad SMARTS) is 2. The molecule has 0 amide bonds. The van der Waals surface area contributed by atoms with Gasteiger partial charge in [-0.05, 0) is 55.0 Å². The Bertz CT molecular complexity index is 1510. The normalized spacial score (nSPS) is 10.1. The Morgan fingerprint density at radius 2 is 0.925 bits per heavy atom. The van der Waals surface area contributed by atoms with Crippen LogP contribution in [0.25, 0.3) is 21.5 Å². The Hall–Kier alpha value is -4.39. The van der Waals surface area contributed by atoms with E-state index in [1.165, 1.54) is 56.9 Å². The van der Waals surface area contributed by atoms with E-state index in [-0.39, 0.29) is 32.8 Å². The fourth-order valence-electron chi connectivity index (χ4n) is 4.05. The van der Waals surface area contributed by atoms with Crippen LogP contribution < -0.4 is 0 Å². The summed E-state index contributed by atoms with van der Waals surface area (Å²) in [6, 6.07) is 35.7. The van der Waals surface area contributed by atoms with Crippen molar-refractivity contribution in [2.75, 3.05) is 0 Å². The molecule has 0 atom stereocenters. The Labute approximate surface area is 244 Å². The summed E-state index contributed by atoms with van der Waals surface area (Å²) in [6.45, 7) is 0. The van der Waals surface area contributed by atoms with Crippen molar-refractivity contribution in [1.29, 1.82) is 0 Å². The van der Waals surface area contributed by atoms with Gasteiger partial charge in [0, 0.05) is 0 Å². The van der Waals surface area contributed by atoms with Crippen LogP contribution >= 0.6 is 0 Å². The summed E-state index contributed by atoms with van der Waals surface area (Å²) in [7, 11) is 0. The van der Waals surface area contributed by atoms with Gasteiger partial charge in [-0.15, -0.1) is 81.2 Å². The molecular formula is C33H24F2O4Ti. The van der Waals surface area contributed by atoms with Crippen molar-refractivity contribution in [2.45, 2.75) is 6.42 Å². The number of rotatable bonds is 4. The monoisotopic (exact) mass is 570 g/mol. The van der Waals surface area contributed by atoms with Crippen molar-refractivity contribution < 1.29 is 50.3 Å². The molecule has 0 bridgehead atoms. The number of hydrogen-bond donors (Lipinski definition) is 2. The summed E-state index contributed by atoms with van der Waals surface area (Å²) in [5, 5.41) is 22.1. The zero-order valence-corrected chi connectivity index (χ0v) is 22.8. The Balaban J connectivity index is 0.000000180. The first kappa shape index (κ1) is 30.2. The second kappa shape index (κ2) is 14.1. The van der Waals surface area contributed by atoms with Gasteiger partial charge in [0.1, 0.15) is 11.6 Å². The van der Waals surface area contributed by atoms with Gasteiger partial charge < -0.3 is 10.2 Å². The third-order valence-corrected chi connectivity index (χ3v) is 5.95. The van der Waals surface area contributed by atoms with E-state index in [0.29, 0.717) is 0 Å². The standard InChI is InChI=1S/C19H14.2C7H5FO2.Ti/c1-2-6-17-11-14(10-16(17)5-1)9-15-12-18-7-3-4-8-19(18)13-15;2*8-6-3-1-5(2-4-6)7(9)10;/h1-8,10-13H,9H2;2*1-4H,(H,9,10);/q-2;;;+2. The van der Waals surface area contributed by atoms with E-state index < -0.39 is 23.6 Å². The number of carbonyl (C=O) groups is 2. The smallest absolute Gasteiger partial charge is 0.478 e. The Kier molecular flexibility index (Phi) is 10.7. The van der Waals surface area contributed by atoms with Gasteiger partial charge in [0.2, 0.25) is 0 Å². The van der Waals surface area contributed by atoms with Gasteiger partial charge in [0.05, 0.1) is 11.1 Å². The maximum atomic E-state index is 12.2. The van der Waals surface area contributed by atoms with Crippen molar-refractivity contribution >= 4 is 33.5 Å². The van der Waals surface area contributed by atoms with Crippen LogP contribution in [-0.4, -0.2) is 22.2 Å². The van der Waals surface area contributed by atoms with Gasteiger partial charge >= 0.3 is 33.7 Å². The summed E-state index contributed by atoms with van der Waals surface area (Å²) in [4.78, 5) is 20.4. The third-order valence-electron chi connectivity index (χ3n) is 5.95. The molecule has 0 heterocycles. The molecule has 2 N–H and O–H groups in total. The van der Waals surface area contributed by atoms with Crippen LogP contribution in [0.5, 0.6) is 0 Å². The minimum Gasteiger partial charge on any atom is -0.478 e. The summed E-state index contributed by atoms with van der Waals surface area (Å²) >= 11 is 0. The van der Waals surface area contributed by atoms with E-state index in [4.69, 9.17) is 10.2 Å². The van der Waals surface area contributed by atoms with Crippen LogP contribution in [0.1, 0.15) is 31.8 Å². The molecule has 0 aliphatic heterocycles. The van der Waals surface area contributed by atoms with Crippen LogP contribution in [0.15, 0.2) is 121 Å². The van der Waals surface area contributed by atoms with E-state index in [2.05, 4.69) is 72.8 Å². The van der Waals surface area contributed by atoms with Gasteiger partial charge in [-0.2, -0.15) is 12.1 Å². The third kappa shape index (κ3) is 8.31. The van der Waals surface area contributed by atoms with Crippen LogP contribution in [0.4, 0.5) is 8.78 Å². The Morgan fingerprint density at radius 1 is 0.575 bits per heavy atom. The van der Waals surface area contributed by atoms with E-state index >= 15 is 0 Å². The molecule has 0 aliphatic rings. The molecule has 0 fully saturated rings. The second-order valence-electron chi connectivity index (χ2n) is 8.79. The molecule has 0 unspecified atom stereocenters. The second-order valence-corrected chi connectivity index (χ2v) is 8.79. The first-order valence-corrected chi connectivity index (χ1v) is 12.0. The molecular weight excluding hydrogens is 546 g/mol. The molecule has 0 aliphatic carbocycles. The van der Waals surface area contributed by atoms with Crippen LogP contribution in [-0.2, 0) is 28.1 Å². The fourth-order valence-corrected chi connectivity index (χ4v) is 4.05. The molecule has 7 heteroatoms. The molecule has 6 aromatic rings. The number of hydrogen-bond acceptors (Lipinski definition) is 2. The average Bonchev–Trinajstić information content (AvgIpc) is 3.53. The van der Waals surface area contributed by atoms with E-state index in [9.17, 15) is 18.4 Å². The first-order valence-electron chi connectivity index (χ1n) is 12.0. The summed E-state index contributed by atoms with van der Waals surface area (Å²) in [6.07, 6.45) is 1.02. The summed E-state index contributed by atoms with van der Waals surface area (Å²) in [5.41, 5.74) is 3.00. The van der Waals surface area contributed by atoms with E-state index in [1.807, 2.05) is 0 Å². The number of benzene rings is 4. The van der Waals surface area contributed by atoms with Crippen LogP contribution in [0.3, 0.4) is 0 Å². The van der Waals surface area contributed by atoms with Gasteiger partial charge in [-0.1, -0.05) is 12.1 Å². The molecule has 4 nitrogen and oxygen atoms in total. The van der Waals surface area contributed by atoms with Crippen molar-refractivity contribution in [3.8, 4) is 0 Å². The molecule has 0 spiro atoms. The molecule has 0 aromatic heterocycles. The molecule has 0 saturated heterocycles. The Morgan fingerprint density at radius 3 is 1.25 bits per heavy atom. The minimum atomic E-state index is -1.04. The van der Waals surface area contributed by atoms with Gasteiger partial charge in [-0.3, -0.25) is 0 Å². The van der Waals surface area contributed by atoms with Gasteiger partial charge in [0.25, 0.3) is 0 Å². The molecule has 40 heavy (non-hydrogen) atoms. The molecule has 6 rings (SSSR count). The SMILES string of the molecule is O=C(O)c1ccc(F)cc1.O=C(O)c1ccc(F)cc1.[Ti+2].c1ccc2[cH-]c(Cc3cc4ccccc4[cH-]3)cc2c1. The van der Waals surface area contributed by atoms with Crippen LogP contribution in [0.2, 0.25) is 0 Å². The maximum absolute atomic E-state index is 12.2. The van der Waals surface area contributed by atoms with E-state index in [0.717, 1.165) is 30.7 Å². The topological polar surface area (TPSA) is 74.6 Å². The average molecular weight is 570 g/mol. The quantitative estimate of drug-likeness (QED) is 0.166. The molecule has 6 aromatic carbocycles. The molecule has 0 saturated carbocycles. The fraction of sp³-hybridized carbons (Fsp3) is 0.0303. The predicted molar refractivity (Wildman–Crippen MR) is 149 cm³/mol. The number of aromatic carboxylic acids is 2. The van der Waals surface area contributed by atoms with Gasteiger partial charge in [0.15, 0.2) is 0 Å². The molecule has 198 valence electrons. The predicted octanol–water partition coefficient (Wildman–Crippen LogP) is 8.07.